The molecular weight excluding hydrogens is 323 g/mol. The molecule has 122 valence electrons. The zero-order valence-electron chi connectivity index (χ0n) is 13.4. The summed E-state index contributed by atoms with van der Waals surface area (Å²) >= 11 is 1.40. The number of amides is 1. The topological polar surface area (TPSA) is 33.2 Å². The van der Waals surface area contributed by atoms with Crippen LogP contribution in [0, 0.1) is 11.7 Å². The first-order valence-electron chi connectivity index (χ1n) is 7.67. The van der Waals surface area contributed by atoms with Gasteiger partial charge in [0.15, 0.2) is 5.13 Å². The van der Waals surface area contributed by atoms with E-state index in [1.54, 1.807) is 17.0 Å². The molecule has 0 aliphatic carbocycles. The second kappa shape index (κ2) is 6.93. The standard InChI is InChI=1S/C19H17FN2OS/c1-13(2)18(23)22(16-6-4-3-5-7-16)19-21-17(12-24-19)14-8-10-15(20)11-9-14/h3-13H,1-2H3. The summed E-state index contributed by atoms with van der Waals surface area (Å²) in [6.45, 7) is 3.74. The van der Waals surface area contributed by atoms with Crippen LogP contribution in [0.5, 0.6) is 0 Å². The molecule has 3 aromatic rings. The lowest BCUT2D eigenvalue weighted by Gasteiger charge is -2.21. The Morgan fingerprint density at radius 1 is 1.08 bits per heavy atom. The summed E-state index contributed by atoms with van der Waals surface area (Å²) in [6.07, 6.45) is 0. The molecule has 0 aliphatic heterocycles. The average molecular weight is 340 g/mol. The first-order valence-corrected chi connectivity index (χ1v) is 8.54. The van der Waals surface area contributed by atoms with Gasteiger partial charge in [0.1, 0.15) is 5.82 Å². The van der Waals surface area contributed by atoms with Gasteiger partial charge in [-0.25, -0.2) is 9.37 Å². The number of anilines is 2. The Balaban J connectivity index is 2.00. The number of halogens is 1. The third-order valence-corrected chi connectivity index (χ3v) is 4.38. The summed E-state index contributed by atoms with van der Waals surface area (Å²) in [6, 6.07) is 15.7. The molecule has 0 saturated heterocycles. The predicted octanol–water partition coefficient (Wildman–Crippen LogP) is 5.27. The van der Waals surface area contributed by atoms with Crippen molar-refractivity contribution in [3.8, 4) is 11.3 Å². The first-order chi connectivity index (χ1) is 11.6. The molecule has 2 aromatic carbocycles. The number of rotatable bonds is 4. The minimum Gasteiger partial charge on any atom is -0.274 e. The fourth-order valence-corrected chi connectivity index (χ4v) is 3.15. The monoisotopic (exact) mass is 340 g/mol. The van der Waals surface area contributed by atoms with Crippen LogP contribution in [0.25, 0.3) is 11.3 Å². The summed E-state index contributed by atoms with van der Waals surface area (Å²) in [4.78, 5) is 18.9. The van der Waals surface area contributed by atoms with Crippen LogP contribution in [-0.4, -0.2) is 10.9 Å². The molecule has 0 atom stereocenters. The number of benzene rings is 2. The summed E-state index contributed by atoms with van der Waals surface area (Å²) in [5.74, 6) is -0.445. The second-order valence-electron chi connectivity index (χ2n) is 5.69. The number of aromatic nitrogens is 1. The molecule has 0 N–H and O–H groups in total. The molecule has 0 aliphatic rings. The molecule has 5 heteroatoms. The van der Waals surface area contributed by atoms with Crippen molar-refractivity contribution in [3.63, 3.8) is 0 Å². The van der Waals surface area contributed by atoms with E-state index < -0.39 is 0 Å². The van der Waals surface area contributed by atoms with Gasteiger partial charge in [-0.2, -0.15) is 0 Å². The highest BCUT2D eigenvalue weighted by Crippen LogP contribution is 2.33. The van der Waals surface area contributed by atoms with E-state index >= 15 is 0 Å². The van der Waals surface area contributed by atoms with Crippen LogP contribution in [0.15, 0.2) is 60.0 Å². The van der Waals surface area contributed by atoms with Crippen molar-refractivity contribution in [3.05, 3.63) is 65.8 Å². The third kappa shape index (κ3) is 3.36. The molecule has 1 heterocycles. The van der Waals surface area contributed by atoms with Crippen molar-refractivity contribution in [2.24, 2.45) is 5.92 Å². The van der Waals surface area contributed by atoms with Crippen LogP contribution in [0.3, 0.4) is 0 Å². The molecule has 0 fully saturated rings. The molecule has 1 aromatic heterocycles. The van der Waals surface area contributed by atoms with Crippen molar-refractivity contribution in [2.45, 2.75) is 13.8 Å². The van der Waals surface area contributed by atoms with E-state index in [0.717, 1.165) is 16.9 Å². The molecule has 24 heavy (non-hydrogen) atoms. The minimum absolute atomic E-state index is 0.0128. The van der Waals surface area contributed by atoms with Crippen molar-refractivity contribution in [1.29, 1.82) is 0 Å². The SMILES string of the molecule is CC(C)C(=O)N(c1ccccc1)c1nc(-c2ccc(F)cc2)cs1. The van der Waals surface area contributed by atoms with Gasteiger partial charge in [-0.3, -0.25) is 9.69 Å². The summed E-state index contributed by atoms with van der Waals surface area (Å²) < 4.78 is 13.1. The maximum atomic E-state index is 13.1. The summed E-state index contributed by atoms with van der Waals surface area (Å²) in [5.41, 5.74) is 2.34. The number of hydrogen-bond acceptors (Lipinski definition) is 3. The zero-order chi connectivity index (χ0) is 17.1. The van der Waals surface area contributed by atoms with Gasteiger partial charge < -0.3 is 0 Å². The number of carbonyl (C=O) groups excluding carboxylic acids is 1. The number of para-hydroxylation sites is 1. The van der Waals surface area contributed by atoms with Crippen LogP contribution in [-0.2, 0) is 4.79 Å². The molecule has 0 unspecified atom stereocenters. The van der Waals surface area contributed by atoms with Gasteiger partial charge in [-0.1, -0.05) is 32.0 Å². The smallest absolute Gasteiger partial charge is 0.235 e. The highest BCUT2D eigenvalue weighted by atomic mass is 32.1. The lowest BCUT2D eigenvalue weighted by molar-refractivity contribution is -0.120. The van der Waals surface area contributed by atoms with E-state index in [-0.39, 0.29) is 17.6 Å². The van der Waals surface area contributed by atoms with E-state index in [9.17, 15) is 9.18 Å². The van der Waals surface area contributed by atoms with Crippen molar-refractivity contribution in [1.82, 2.24) is 4.98 Å². The minimum atomic E-state index is -0.282. The molecular formula is C19H17FN2OS. The largest absolute Gasteiger partial charge is 0.274 e. The lowest BCUT2D eigenvalue weighted by atomic mass is 10.1. The number of nitrogens with zero attached hydrogens (tertiary/aromatic N) is 2. The van der Waals surface area contributed by atoms with Crippen molar-refractivity contribution in [2.75, 3.05) is 4.90 Å². The Labute approximate surface area is 144 Å². The van der Waals surface area contributed by atoms with Gasteiger partial charge in [0.05, 0.1) is 11.4 Å². The van der Waals surface area contributed by atoms with Gasteiger partial charge in [-0.05, 0) is 36.4 Å². The molecule has 0 saturated carbocycles. The van der Waals surface area contributed by atoms with E-state index in [0.29, 0.717) is 5.13 Å². The molecule has 0 bridgehead atoms. The Kier molecular flexibility index (Phi) is 4.71. The zero-order valence-corrected chi connectivity index (χ0v) is 14.3. The highest BCUT2D eigenvalue weighted by Gasteiger charge is 2.23. The van der Waals surface area contributed by atoms with Crippen molar-refractivity contribution < 1.29 is 9.18 Å². The second-order valence-corrected chi connectivity index (χ2v) is 6.52. The van der Waals surface area contributed by atoms with E-state index in [4.69, 9.17) is 0 Å². The van der Waals surface area contributed by atoms with Crippen LogP contribution in [0.2, 0.25) is 0 Å². The maximum absolute atomic E-state index is 13.1. The predicted molar refractivity (Wildman–Crippen MR) is 95.9 cm³/mol. The average Bonchev–Trinajstić information content (AvgIpc) is 3.06. The number of thiazole rings is 1. The van der Waals surface area contributed by atoms with E-state index in [1.165, 1.54) is 23.5 Å². The Morgan fingerprint density at radius 3 is 2.38 bits per heavy atom. The fraction of sp³-hybridized carbons (Fsp3) is 0.158. The van der Waals surface area contributed by atoms with Crippen LogP contribution in [0.4, 0.5) is 15.2 Å². The fourth-order valence-electron chi connectivity index (χ4n) is 2.29. The number of hydrogen-bond donors (Lipinski definition) is 0. The van der Waals surface area contributed by atoms with Crippen LogP contribution >= 0.6 is 11.3 Å². The Morgan fingerprint density at radius 2 is 1.75 bits per heavy atom. The van der Waals surface area contributed by atoms with Gasteiger partial charge in [0.25, 0.3) is 0 Å². The maximum Gasteiger partial charge on any atom is 0.235 e. The van der Waals surface area contributed by atoms with Gasteiger partial charge in [-0.15, -0.1) is 11.3 Å². The van der Waals surface area contributed by atoms with Crippen molar-refractivity contribution >= 4 is 28.1 Å². The highest BCUT2D eigenvalue weighted by molar-refractivity contribution is 7.14. The summed E-state index contributed by atoms with van der Waals surface area (Å²) in [7, 11) is 0. The molecule has 1 amide bonds. The Hall–Kier alpha value is -2.53. The normalized spacial score (nSPS) is 10.8. The van der Waals surface area contributed by atoms with Gasteiger partial charge in [0.2, 0.25) is 5.91 Å². The van der Waals surface area contributed by atoms with E-state index in [1.807, 2.05) is 49.6 Å². The third-order valence-electron chi connectivity index (χ3n) is 3.55. The Bertz CT molecular complexity index is 828. The molecule has 0 radical (unpaired) electrons. The lowest BCUT2D eigenvalue weighted by Crippen LogP contribution is -2.29. The molecule has 3 rings (SSSR count). The first kappa shape index (κ1) is 16.3. The molecule has 3 nitrogen and oxygen atoms in total. The summed E-state index contributed by atoms with van der Waals surface area (Å²) in [5, 5.41) is 2.49. The molecule has 0 spiro atoms. The van der Waals surface area contributed by atoms with Crippen LogP contribution in [0.1, 0.15) is 13.8 Å². The van der Waals surface area contributed by atoms with E-state index in [2.05, 4.69) is 4.98 Å². The number of carbonyl (C=O) groups is 1. The van der Waals surface area contributed by atoms with Crippen LogP contribution < -0.4 is 4.90 Å². The quantitative estimate of drug-likeness (QED) is 0.648. The van der Waals surface area contributed by atoms with Gasteiger partial charge >= 0.3 is 0 Å². The van der Waals surface area contributed by atoms with Gasteiger partial charge in [0, 0.05) is 16.9 Å².